The largest absolute Gasteiger partial charge is 0.404 e. The van der Waals surface area contributed by atoms with Crippen LogP contribution in [-0.4, -0.2) is 41.0 Å². The van der Waals surface area contributed by atoms with Crippen LogP contribution in [0.4, 0.5) is 24.7 Å². The summed E-state index contributed by atoms with van der Waals surface area (Å²) in [6.07, 6.45) is -2.05. The number of hydrogen-bond acceptors (Lipinski definition) is 4. The minimum Gasteiger partial charge on any atom is -0.324 e. The Morgan fingerprint density at radius 2 is 1.84 bits per heavy atom. The number of nitrogens with one attached hydrogen (secondary N) is 2. The van der Waals surface area contributed by atoms with E-state index >= 15 is 0 Å². The van der Waals surface area contributed by atoms with E-state index in [-0.39, 0.29) is 30.5 Å². The van der Waals surface area contributed by atoms with Gasteiger partial charge in [0.25, 0.3) is 0 Å². The van der Waals surface area contributed by atoms with Gasteiger partial charge < -0.3 is 10.6 Å². The molecule has 1 atom stereocenters. The molecule has 2 heterocycles. The molecule has 2 fully saturated rings. The average molecular weight is 432 g/mol. The van der Waals surface area contributed by atoms with Crippen LogP contribution < -0.4 is 10.6 Å². The minimum atomic E-state index is -4.69. The van der Waals surface area contributed by atoms with Gasteiger partial charge in [-0.2, -0.15) is 13.2 Å². The molecule has 2 N–H and O–H groups in total. The number of carbonyl (C=O) groups is 2. The van der Waals surface area contributed by atoms with E-state index in [1.54, 1.807) is 4.90 Å². The van der Waals surface area contributed by atoms with Gasteiger partial charge in [-0.1, -0.05) is 30.3 Å². The number of halogens is 3. The van der Waals surface area contributed by atoms with E-state index in [0.29, 0.717) is 12.4 Å². The number of carbonyl (C=O) groups excluding carboxylic acids is 2. The highest BCUT2D eigenvalue weighted by Gasteiger charge is 2.63. The van der Waals surface area contributed by atoms with Gasteiger partial charge in [0, 0.05) is 19.0 Å². The summed E-state index contributed by atoms with van der Waals surface area (Å²) in [4.78, 5) is 30.2. The number of hydrogen-bond donors (Lipinski definition) is 2. The Balaban J connectivity index is 1.43. The molecule has 2 aliphatic rings. The van der Waals surface area contributed by atoms with Crippen molar-refractivity contribution in [3.05, 3.63) is 54.2 Å². The first-order valence-corrected chi connectivity index (χ1v) is 10.2. The normalized spacial score (nSPS) is 21.6. The van der Waals surface area contributed by atoms with Gasteiger partial charge in [-0.15, -0.1) is 0 Å². The molecule has 4 rings (SSSR count). The minimum absolute atomic E-state index is 0.00835. The summed E-state index contributed by atoms with van der Waals surface area (Å²) >= 11 is 0. The molecule has 0 radical (unpaired) electrons. The Labute approximate surface area is 177 Å². The van der Waals surface area contributed by atoms with Crippen LogP contribution in [0.3, 0.4) is 0 Å². The number of aromatic nitrogens is 1. The van der Waals surface area contributed by atoms with Gasteiger partial charge in [0.1, 0.15) is 5.82 Å². The molecule has 0 spiro atoms. The van der Waals surface area contributed by atoms with Gasteiger partial charge in [0.2, 0.25) is 11.8 Å². The summed E-state index contributed by atoms with van der Waals surface area (Å²) in [5.74, 6) is -0.902. The van der Waals surface area contributed by atoms with E-state index in [0.717, 1.165) is 18.4 Å². The van der Waals surface area contributed by atoms with E-state index in [1.165, 1.54) is 18.3 Å². The molecular formula is C22H23F3N4O2. The van der Waals surface area contributed by atoms with Crippen molar-refractivity contribution in [1.29, 1.82) is 0 Å². The molecule has 1 aliphatic carbocycles. The highest BCUT2D eigenvalue weighted by atomic mass is 19.4. The predicted molar refractivity (Wildman–Crippen MR) is 109 cm³/mol. The van der Waals surface area contributed by atoms with Crippen LogP contribution in [0.15, 0.2) is 48.7 Å². The monoisotopic (exact) mass is 432 g/mol. The number of pyridine rings is 1. The molecule has 31 heavy (non-hydrogen) atoms. The molecule has 1 saturated heterocycles. The van der Waals surface area contributed by atoms with Gasteiger partial charge in [-0.25, -0.2) is 4.98 Å². The van der Waals surface area contributed by atoms with Crippen molar-refractivity contribution < 1.29 is 22.8 Å². The lowest BCUT2D eigenvalue weighted by Crippen LogP contribution is -2.49. The summed E-state index contributed by atoms with van der Waals surface area (Å²) in [6.45, 7) is 0.120. The van der Waals surface area contributed by atoms with Crippen molar-refractivity contribution in [2.24, 2.45) is 11.3 Å². The molecule has 1 aliphatic heterocycles. The molecule has 2 aromatic rings. The first-order chi connectivity index (χ1) is 14.8. The summed E-state index contributed by atoms with van der Waals surface area (Å²) in [5.41, 5.74) is -1.44. The number of rotatable bonds is 6. The van der Waals surface area contributed by atoms with Crippen molar-refractivity contribution in [2.45, 2.75) is 32.0 Å². The van der Waals surface area contributed by atoms with Gasteiger partial charge in [-0.05, 0) is 43.5 Å². The summed E-state index contributed by atoms with van der Waals surface area (Å²) in [5, 5.41) is 5.02. The molecule has 1 aromatic carbocycles. The van der Waals surface area contributed by atoms with Crippen LogP contribution >= 0.6 is 0 Å². The van der Waals surface area contributed by atoms with Crippen LogP contribution in [0.1, 0.15) is 24.8 Å². The van der Waals surface area contributed by atoms with Crippen molar-refractivity contribution in [3.63, 3.8) is 0 Å². The predicted octanol–water partition coefficient (Wildman–Crippen LogP) is 3.82. The molecule has 6 nitrogen and oxygen atoms in total. The zero-order chi connectivity index (χ0) is 22.1. The molecule has 9 heteroatoms. The summed E-state index contributed by atoms with van der Waals surface area (Å²) < 4.78 is 42.1. The average Bonchev–Trinajstić information content (AvgIpc) is 3.50. The standard InChI is InChI=1S/C22H23F3N4O2/c23-22(24,25)21(10-11-29(14-21)13-15-4-2-1-3-5-15)20(31)27-17-8-9-18(26-12-17)28-19(30)16-6-7-16/h1-5,8-9,12,16H,6-7,10-11,13-14H2,(H,27,31)(H,26,28,30). The van der Waals surface area contributed by atoms with E-state index in [2.05, 4.69) is 15.6 Å². The SMILES string of the molecule is O=C(Nc1ccc(NC(=O)C2(C(F)(F)F)CCN(Cc3ccccc3)C2)cn1)C1CC1. The Bertz CT molecular complexity index is 945. The second kappa shape index (κ2) is 8.30. The van der Waals surface area contributed by atoms with Crippen LogP contribution in [-0.2, 0) is 16.1 Å². The summed E-state index contributed by atoms with van der Waals surface area (Å²) in [7, 11) is 0. The summed E-state index contributed by atoms with van der Waals surface area (Å²) in [6, 6.07) is 12.1. The molecule has 164 valence electrons. The van der Waals surface area contributed by atoms with E-state index in [4.69, 9.17) is 0 Å². The highest BCUT2D eigenvalue weighted by molar-refractivity contribution is 5.97. The highest BCUT2D eigenvalue weighted by Crippen LogP contribution is 2.46. The maximum absolute atomic E-state index is 14.0. The van der Waals surface area contributed by atoms with Gasteiger partial charge in [0.05, 0.1) is 11.9 Å². The zero-order valence-electron chi connectivity index (χ0n) is 16.8. The third-order valence-electron chi connectivity index (χ3n) is 5.80. The first kappa shape index (κ1) is 21.3. The van der Waals surface area contributed by atoms with E-state index < -0.39 is 24.0 Å². The fraction of sp³-hybridized carbons (Fsp3) is 0.409. The Kier molecular flexibility index (Phi) is 5.70. The second-order valence-corrected chi connectivity index (χ2v) is 8.18. The third kappa shape index (κ3) is 4.71. The van der Waals surface area contributed by atoms with Gasteiger partial charge in [0.15, 0.2) is 5.41 Å². The van der Waals surface area contributed by atoms with Crippen LogP contribution in [0.25, 0.3) is 0 Å². The van der Waals surface area contributed by atoms with E-state index in [1.807, 2.05) is 30.3 Å². The van der Waals surface area contributed by atoms with Crippen LogP contribution in [0.5, 0.6) is 0 Å². The van der Waals surface area contributed by atoms with E-state index in [9.17, 15) is 22.8 Å². The second-order valence-electron chi connectivity index (χ2n) is 8.18. The van der Waals surface area contributed by atoms with Crippen molar-refractivity contribution >= 4 is 23.3 Å². The lowest BCUT2D eigenvalue weighted by Gasteiger charge is -2.30. The lowest BCUT2D eigenvalue weighted by atomic mass is 9.85. The van der Waals surface area contributed by atoms with Crippen LogP contribution in [0, 0.1) is 11.3 Å². The maximum Gasteiger partial charge on any atom is 0.404 e. The number of nitrogens with zero attached hydrogens (tertiary/aromatic N) is 2. The lowest BCUT2D eigenvalue weighted by molar-refractivity contribution is -0.215. The topological polar surface area (TPSA) is 74.3 Å². The Morgan fingerprint density at radius 3 is 2.45 bits per heavy atom. The molecule has 1 unspecified atom stereocenters. The number of benzene rings is 1. The Hall–Kier alpha value is -2.94. The Morgan fingerprint density at radius 1 is 1.10 bits per heavy atom. The maximum atomic E-state index is 14.0. The molecule has 0 bridgehead atoms. The van der Waals surface area contributed by atoms with Crippen molar-refractivity contribution in [2.75, 3.05) is 23.7 Å². The van der Waals surface area contributed by atoms with Crippen molar-refractivity contribution in [1.82, 2.24) is 9.88 Å². The quantitative estimate of drug-likeness (QED) is 0.728. The number of likely N-dealkylation sites (tertiary alicyclic amines) is 1. The smallest absolute Gasteiger partial charge is 0.324 e. The van der Waals surface area contributed by atoms with Crippen molar-refractivity contribution in [3.8, 4) is 0 Å². The molecular weight excluding hydrogens is 409 g/mol. The fourth-order valence-corrected chi connectivity index (χ4v) is 3.78. The molecule has 1 saturated carbocycles. The fourth-order valence-electron chi connectivity index (χ4n) is 3.78. The number of anilines is 2. The molecule has 2 amide bonds. The number of amides is 2. The van der Waals surface area contributed by atoms with Gasteiger partial charge >= 0.3 is 6.18 Å². The third-order valence-corrected chi connectivity index (χ3v) is 5.80. The van der Waals surface area contributed by atoms with Gasteiger partial charge in [-0.3, -0.25) is 14.5 Å². The number of alkyl halides is 3. The molecule has 1 aromatic heterocycles. The van der Waals surface area contributed by atoms with Crippen LogP contribution in [0.2, 0.25) is 0 Å². The zero-order valence-corrected chi connectivity index (χ0v) is 16.8. The first-order valence-electron chi connectivity index (χ1n) is 10.2.